The average Bonchev–Trinajstić information content (AvgIpc) is 3.28. The Morgan fingerprint density at radius 2 is 1.70 bits per heavy atom. The first-order valence-corrected chi connectivity index (χ1v) is 10.2. The summed E-state index contributed by atoms with van der Waals surface area (Å²) in [4.78, 5) is 16.5. The van der Waals surface area contributed by atoms with E-state index < -0.39 is 0 Å². The van der Waals surface area contributed by atoms with Gasteiger partial charge in [-0.1, -0.05) is 49.3 Å². The molecule has 0 saturated carbocycles. The molecule has 8 nitrogen and oxygen atoms in total. The minimum atomic E-state index is -0.00904. The van der Waals surface area contributed by atoms with Crippen LogP contribution in [0.5, 0.6) is 5.75 Å². The molecule has 4 rings (SSSR count). The van der Waals surface area contributed by atoms with Gasteiger partial charge in [0.05, 0.1) is 5.69 Å². The number of para-hydroxylation sites is 1. The highest BCUT2D eigenvalue weighted by Crippen LogP contribution is 2.19. The molecular formula is C22H26N6O2. The molecule has 1 aliphatic heterocycles. The van der Waals surface area contributed by atoms with Crippen LogP contribution >= 0.6 is 0 Å². The molecule has 1 amide bonds. The van der Waals surface area contributed by atoms with Crippen LogP contribution in [0.15, 0.2) is 54.6 Å². The summed E-state index contributed by atoms with van der Waals surface area (Å²) in [7, 11) is 0. The van der Waals surface area contributed by atoms with Crippen molar-refractivity contribution in [2.75, 3.05) is 37.7 Å². The Morgan fingerprint density at radius 1 is 1.00 bits per heavy atom. The van der Waals surface area contributed by atoms with Crippen molar-refractivity contribution in [2.24, 2.45) is 0 Å². The van der Waals surface area contributed by atoms with Gasteiger partial charge in [-0.2, -0.15) is 4.68 Å². The molecule has 1 saturated heterocycles. The molecule has 3 aromatic rings. The molecule has 0 atom stereocenters. The molecule has 2 heterocycles. The number of carbonyl (C=O) groups is 1. The fraction of sp³-hybridized carbons (Fsp3) is 0.364. The molecule has 0 N–H and O–H groups in total. The predicted octanol–water partition coefficient (Wildman–Crippen LogP) is 2.51. The van der Waals surface area contributed by atoms with Crippen molar-refractivity contribution in [1.29, 1.82) is 0 Å². The molecule has 2 aromatic carbocycles. The lowest BCUT2D eigenvalue weighted by Gasteiger charge is -2.34. The molecule has 0 radical (unpaired) electrons. The minimum absolute atomic E-state index is 0.00904. The summed E-state index contributed by atoms with van der Waals surface area (Å²) in [5.41, 5.74) is 2.16. The van der Waals surface area contributed by atoms with E-state index in [0.29, 0.717) is 43.8 Å². The molecule has 8 heteroatoms. The number of ether oxygens (including phenoxy) is 1. The number of anilines is 1. The van der Waals surface area contributed by atoms with Gasteiger partial charge in [0.1, 0.15) is 5.75 Å². The molecule has 1 aromatic heterocycles. The molecule has 1 fully saturated rings. The second-order valence-electron chi connectivity index (χ2n) is 7.61. The largest absolute Gasteiger partial charge is 0.484 e. The Hall–Kier alpha value is -3.42. The van der Waals surface area contributed by atoms with Crippen LogP contribution in [0.4, 0.5) is 5.95 Å². The van der Waals surface area contributed by atoms with Gasteiger partial charge in [-0.3, -0.25) is 4.79 Å². The monoisotopic (exact) mass is 406 g/mol. The Labute approximate surface area is 176 Å². The van der Waals surface area contributed by atoms with Crippen LogP contribution in [0, 0.1) is 0 Å². The summed E-state index contributed by atoms with van der Waals surface area (Å²) in [5, 5.41) is 12.1. The van der Waals surface area contributed by atoms with Gasteiger partial charge in [0.25, 0.3) is 5.91 Å². The second-order valence-corrected chi connectivity index (χ2v) is 7.61. The molecule has 30 heavy (non-hydrogen) atoms. The number of benzene rings is 2. The van der Waals surface area contributed by atoms with Gasteiger partial charge in [0.15, 0.2) is 6.61 Å². The number of nitrogens with zero attached hydrogens (tertiary/aromatic N) is 6. The van der Waals surface area contributed by atoms with Gasteiger partial charge < -0.3 is 14.5 Å². The molecule has 0 bridgehead atoms. The van der Waals surface area contributed by atoms with Gasteiger partial charge in [0, 0.05) is 26.2 Å². The zero-order valence-electron chi connectivity index (χ0n) is 17.3. The van der Waals surface area contributed by atoms with Crippen molar-refractivity contribution in [2.45, 2.75) is 19.8 Å². The van der Waals surface area contributed by atoms with Gasteiger partial charge in [-0.25, -0.2) is 0 Å². The van der Waals surface area contributed by atoms with E-state index in [1.807, 2.05) is 59.5 Å². The quantitative estimate of drug-likeness (QED) is 0.626. The van der Waals surface area contributed by atoms with Crippen molar-refractivity contribution in [1.82, 2.24) is 25.1 Å². The van der Waals surface area contributed by atoms with E-state index in [9.17, 15) is 4.79 Å². The molecule has 1 aliphatic rings. The van der Waals surface area contributed by atoms with Crippen LogP contribution in [-0.2, 0) is 4.79 Å². The fourth-order valence-electron chi connectivity index (χ4n) is 3.46. The van der Waals surface area contributed by atoms with Crippen LogP contribution in [0.2, 0.25) is 0 Å². The van der Waals surface area contributed by atoms with E-state index in [1.54, 1.807) is 4.68 Å². The van der Waals surface area contributed by atoms with Crippen molar-refractivity contribution in [3.63, 3.8) is 0 Å². The van der Waals surface area contributed by atoms with Crippen LogP contribution in [0.3, 0.4) is 0 Å². The van der Waals surface area contributed by atoms with Crippen molar-refractivity contribution in [3.05, 3.63) is 60.2 Å². The van der Waals surface area contributed by atoms with E-state index in [4.69, 9.17) is 4.74 Å². The van der Waals surface area contributed by atoms with Gasteiger partial charge in [-0.05, 0) is 46.2 Å². The number of amides is 1. The zero-order chi connectivity index (χ0) is 20.9. The minimum Gasteiger partial charge on any atom is -0.484 e. The Morgan fingerprint density at radius 3 is 2.37 bits per heavy atom. The molecule has 0 aliphatic carbocycles. The second kappa shape index (κ2) is 8.94. The molecule has 0 unspecified atom stereocenters. The predicted molar refractivity (Wildman–Crippen MR) is 114 cm³/mol. The van der Waals surface area contributed by atoms with E-state index in [2.05, 4.69) is 34.3 Å². The topological polar surface area (TPSA) is 76.4 Å². The first kappa shape index (κ1) is 19.9. The van der Waals surface area contributed by atoms with E-state index >= 15 is 0 Å². The Balaban J connectivity index is 1.31. The van der Waals surface area contributed by atoms with Gasteiger partial charge >= 0.3 is 0 Å². The number of tetrazole rings is 1. The first-order chi connectivity index (χ1) is 14.6. The van der Waals surface area contributed by atoms with Gasteiger partial charge in [-0.15, -0.1) is 0 Å². The fourth-order valence-corrected chi connectivity index (χ4v) is 3.46. The lowest BCUT2D eigenvalue weighted by Crippen LogP contribution is -2.50. The van der Waals surface area contributed by atoms with Crippen molar-refractivity contribution < 1.29 is 9.53 Å². The summed E-state index contributed by atoms with van der Waals surface area (Å²) >= 11 is 0. The maximum absolute atomic E-state index is 12.6. The number of carbonyl (C=O) groups excluding carboxylic acids is 1. The van der Waals surface area contributed by atoms with Crippen molar-refractivity contribution in [3.8, 4) is 11.4 Å². The highest BCUT2D eigenvalue weighted by molar-refractivity contribution is 5.78. The number of piperazine rings is 1. The number of hydrogen-bond donors (Lipinski definition) is 0. The smallest absolute Gasteiger partial charge is 0.260 e. The Kier molecular flexibility index (Phi) is 5.92. The summed E-state index contributed by atoms with van der Waals surface area (Å²) in [6.45, 7) is 6.90. The number of hydrogen-bond acceptors (Lipinski definition) is 6. The van der Waals surface area contributed by atoms with Crippen LogP contribution in [-0.4, -0.2) is 63.8 Å². The summed E-state index contributed by atoms with van der Waals surface area (Å²) in [5.74, 6) is 1.87. The Bertz CT molecular complexity index is 963. The summed E-state index contributed by atoms with van der Waals surface area (Å²) in [6.07, 6.45) is 0. The third-order valence-corrected chi connectivity index (χ3v) is 5.28. The lowest BCUT2D eigenvalue weighted by atomic mass is 10.0. The average molecular weight is 406 g/mol. The number of rotatable bonds is 6. The molecular weight excluding hydrogens is 380 g/mol. The number of aromatic nitrogens is 4. The summed E-state index contributed by atoms with van der Waals surface area (Å²) in [6, 6.07) is 17.7. The normalized spacial score (nSPS) is 14.2. The summed E-state index contributed by atoms with van der Waals surface area (Å²) < 4.78 is 7.41. The lowest BCUT2D eigenvalue weighted by molar-refractivity contribution is -0.133. The SMILES string of the molecule is CC(C)c1ccc(OCC(=O)N2CCN(c3nnnn3-c3ccccc3)CC2)cc1. The van der Waals surface area contributed by atoms with E-state index in [-0.39, 0.29) is 12.5 Å². The maximum atomic E-state index is 12.6. The maximum Gasteiger partial charge on any atom is 0.260 e. The van der Waals surface area contributed by atoms with E-state index in [0.717, 1.165) is 5.69 Å². The van der Waals surface area contributed by atoms with Crippen LogP contribution in [0.1, 0.15) is 25.3 Å². The third kappa shape index (κ3) is 4.42. The third-order valence-electron chi connectivity index (χ3n) is 5.28. The highest BCUT2D eigenvalue weighted by atomic mass is 16.5. The molecule has 156 valence electrons. The van der Waals surface area contributed by atoms with Crippen LogP contribution < -0.4 is 9.64 Å². The zero-order valence-corrected chi connectivity index (χ0v) is 17.3. The van der Waals surface area contributed by atoms with Crippen LogP contribution in [0.25, 0.3) is 5.69 Å². The standard InChI is InChI=1S/C22H26N6O2/c1-17(2)18-8-10-20(11-9-18)30-16-21(29)26-12-14-27(15-13-26)22-23-24-25-28(22)19-6-4-3-5-7-19/h3-11,17H,12-16H2,1-2H3. The highest BCUT2D eigenvalue weighted by Gasteiger charge is 2.25. The van der Waals surface area contributed by atoms with E-state index in [1.165, 1.54) is 5.56 Å². The molecule has 0 spiro atoms. The van der Waals surface area contributed by atoms with Crippen molar-refractivity contribution >= 4 is 11.9 Å². The van der Waals surface area contributed by atoms with Gasteiger partial charge in [0.2, 0.25) is 5.95 Å². The first-order valence-electron chi connectivity index (χ1n) is 10.2.